The standard InChI is InChI=1S/C31H23ClN2O5/c1-21-7-6-10-24(19-21)31(37)39-27-11-4-2-8-22(27)15-18-29(35)38-28-12-5-3-9-25(28)20-33-34-30(36)23-13-16-26(32)17-14-23/h2-20H,1H3,(H,34,36)/b18-15+,33-20+. The number of hydrogen-bond donors (Lipinski definition) is 1. The fraction of sp³-hybridized carbons (Fsp3) is 0.0323. The molecule has 39 heavy (non-hydrogen) atoms. The molecule has 0 aliphatic rings. The van der Waals surface area contributed by atoms with Crippen molar-refractivity contribution in [3.63, 3.8) is 0 Å². The number of carbonyl (C=O) groups is 3. The molecule has 0 aromatic heterocycles. The first-order chi connectivity index (χ1) is 18.9. The number of hydrazone groups is 1. The number of ether oxygens (including phenoxy) is 2. The third-order valence-electron chi connectivity index (χ3n) is 5.38. The van der Waals surface area contributed by atoms with Crippen molar-refractivity contribution in [2.45, 2.75) is 6.92 Å². The van der Waals surface area contributed by atoms with E-state index in [-0.39, 0.29) is 5.75 Å². The summed E-state index contributed by atoms with van der Waals surface area (Å²) in [7, 11) is 0. The van der Waals surface area contributed by atoms with Crippen LogP contribution in [0.1, 0.15) is 37.4 Å². The van der Waals surface area contributed by atoms with Crippen LogP contribution in [0.2, 0.25) is 5.02 Å². The van der Waals surface area contributed by atoms with Crippen LogP contribution in [0.25, 0.3) is 6.08 Å². The average molecular weight is 539 g/mol. The van der Waals surface area contributed by atoms with Crippen LogP contribution in [0.5, 0.6) is 11.5 Å². The highest BCUT2D eigenvalue weighted by Gasteiger charge is 2.12. The highest BCUT2D eigenvalue weighted by Crippen LogP contribution is 2.22. The fourth-order valence-corrected chi connectivity index (χ4v) is 3.57. The summed E-state index contributed by atoms with van der Waals surface area (Å²) in [4.78, 5) is 37.4. The van der Waals surface area contributed by atoms with Gasteiger partial charge in [0.25, 0.3) is 5.91 Å². The predicted octanol–water partition coefficient (Wildman–Crippen LogP) is 6.25. The van der Waals surface area contributed by atoms with Crippen LogP contribution < -0.4 is 14.9 Å². The van der Waals surface area contributed by atoms with E-state index in [1.165, 1.54) is 18.4 Å². The maximum absolute atomic E-state index is 12.6. The number of carbonyl (C=O) groups excluding carboxylic acids is 3. The van der Waals surface area contributed by atoms with E-state index in [0.29, 0.717) is 33.0 Å². The van der Waals surface area contributed by atoms with Crippen LogP contribution in [0.3, 0.4) is 0 Å². The van der Waals surface area contributed by atoms with Crippen molar-refractivity contribution in [2.24, 2.45) is 5.10 Å². The molecule has 194 valence electrons. The smallest absolute Gasteiger partial charge is 0.343 e. The summed E-state index contributed by atoms with van der Waals surface area (Å²) in [5.41, 5.74) is 5.18. The second-order valence-corrected chi connectivity index (χ2v) is 8.73. The molecule has 0 heterocycles. The van der Waals surface area contributed by atoms with E-state index in [1.807, 2.05) is 13.0 Å². The first-order valence-electron chi connectivity index (χ1n) is 11.8. The molecule has 1 amide bonds. The highest BCUT2D eigenvalue weighted by molar-refractivity contribution is 6.30. The Hall–Kier alpha value is -5.01. The summed E-state index contributed by atoms with van der Waals surface area (Å²) in [6.45, 7) is 1.89. The van der Waals surface area contributed by atoms with Gasteiger partial charge in [0.2, 0.25) is 0 Å². The van der Waals surface area contributed by atoms with Crippen LogP contribution in [0.4, 0.5) is 0 Å². The van der Waals surface area contributed by atoms with Crippen LogP contribution in [0, 0.1) is 6.92 Å². The number of nitrogens with zero attached hydrogens (tertiary/aromatic N) is 1. The molecule has 0 radical (unpaired) electrons. The molecule has 4 aromatic carbocycles. The number of rotatable bonds is 8. The molecule has 0 saturated heterocycles. The monoisotopic (exact) mass is 538 g/mol. The first-order valence-corrected chi connectivity index (χ1v) is 12.2. The molecule has 0 unspecified atom stereocenters. The molecule has 4 aromatic rings. The molecule has 0 bridgehead atoms. The van der Waals surface area contributed by atoms with Crippen molar-refractivity contribution in [1.82, 2.24) is 5.43 Å². The van der Waals surface area contributed by atoms with Gasteiger partial charge in [-0.2, -0.15) is 5.10 Å². The van der Waals surface area contributed by atoms with Gasteiger partial charge in [0.05, 0.1) is 11.8 Å². The summed E-state index contributed by atoms with van der Waals surface area (Å²) in [5, 5.41) is 4.48. The molecule has 0 atom stereocenters. The van der Waals surface area contributed by atoms with Gasteiger partial charge in [0.1, 0.15) is 11.5 Å². The number of para-hydroxylation sites is 2. The predicted molar refractivity (Wildman–Crippen MR) is 150 cm³/mol. The van der Waals surface area contributed by atoms with Crippen LogP contribution in [0.15, 0.2) is 108 Å². The van der Waals surface area contributed by atoms with E-state index in [9.17, 15) is 14.4 Å². The van der Waals surface area contributed by atoms with Crippen molar-refractivity contribution < 1.29 is 23.9 Å². The maximum atomic E-state index is 12.6. The quantitative estimate of drug-likeness (QED) is 0.0940. The molecule has 0 aliphatic heterocycles. The minimum absolute atomic E-state index is 0.246. The van der Waals surface area contributed by atoms with E-state index >= 15 is 0 Å². The lowest BCUT2D eigenvalue weighted by atomic mass is 10.1. The molecule has 1 N–H and O–H groups in total. The summed E-state index contributed by atoms with van der Waals surface area (Å²) in [5.74, 6) is -1.02. The first kappa shape index (κ1) is 27.0. The summed E-state index contributed by atoms with van der Waals surface area (Å²) < 4.78 is 11.0. The lowest BCUT2D eigenvalue weighted by Crippen LogP contribution is -2.17. The van der Waals surface area contributed by atoms with E-state index in [4.69, 9.17) is 21.1 Å². The van der Waals surface area contributed by atoms with Gasteiger partial charge in [-0.05, 0) is 67.6 Å². The zero-order valence-corrected chi connectivity index (χ0v) is 21.6. The van der Waals surface area contributed by atoms with Crippen molar-refractivity contribution >= 4 is 41.7 Å². The third kappa shape index (κ3) is 7.74. The molecule has 7 nitrogen and oxygen atoms in total. The number of esters is 2. The number of benzene rings is 4. The van der Waals surface area contributed by atoms with Crippen molar-refractivity contribution in [1.29, 1.82) is 0 Å². The topological polar surface area (TPSA) is 94.1 Å². The zero-order valence-electron chi connectivity index (χ0n) is 20.8. The molecular formula is C31H23ClN2O5. The van der Waals surface area contributed by atoms with Gasteiger partial charge in [-0.1, -0.05) is 59.6 Å². The Bertz CT molecular complexity index is 1560. The minimum atomic E-state index is -0.652. The molecule has 4 rings (SSSR count). The van der Waals surface area contributed by atoms with E-state index in [0.717, 1.165) is 5.56 Å². The lowest BCUT2D eigenvalue weighted by Gasteiger charge is -2.08. The molecule has 0 aliphatic carbocycles. The van der Waals surface area contributed by atoms with Crippen molar-refractivity contribution in [2.75, 3.05) is 0 Å². The molecule has 8 heteroatoms. The highest BCUT2D eigenvalue weighted by atomic mass is 35.5. The van der Waals surface area contributed by atoms with Gasteiger partial charge in [-0.3, -0.25) is 4.79 Å². The Morgan fingerprint density at radius 3 is 2.15 bits per heavy atom. The molecule has 0 spiro atoms. The van der Waals surface area contributed by atoms with Crippen molar-refractivity contribution in [3.8, 4) is 11.5 Å². The second-order valence-electron chi connectivity index (χ2n) is 8.30. The van der Waals surface area contributed by atoms with Gasteiger partial charge in [-0.25, -0.2) is 15.0 Å². The number of nitrogens with one attached hydrogen (secondary N) is 1. The Morgan fingerprint density at radius 2 is 1.44 bits per heavy atom. The van der Waals surface area contributed by atoms with Gasteiger partial charge >= 0.3 is 11.9 Å². The third-order valence-corrected chi connectivity index (χ3v) is 5.63. The number of aryl methyl sites for hydroxylation is 1. The number of hydrogen-bond acceptors (Lipinski definition) is 6. The van der Waals surface area contributed by atoms with Gasteiger partial charge < -0.3 is 9.47 Å². The fourth-order valence-electron chi connectivity index (χ4n) is 3.45. The van der Waals surface area contributed by atoms with E-state index < -0.39 is 17.8 Å². The molecule has 0 fully saturated rings. The Labute approximate surface area is 230 Å². The van der Waals surface area contributed by atoms with E-state index in [2.05, 4.69) is 10.5 Å². The number of amides is 1. The molecule has 0 saturated carbocycles. The summed E-state index contributed by atoms with van der Waals surface area (Å²) >= 11 is 5.85. The van der Waals surface area contributed by atoms with Crippen LogP contribution >= 0.6 is 11.6 Å². The Kier molecular flexibility index (Phi) is 9.00. The van der Waals surface area contributed by atoms with Crippen LogP contribution in [-0.2, 0) is 4.79 Å². The number of halogens is 1. The largest absolute Gasteiger partial charge is 0.423 e. The second kappa shape index (κ2) is 13.0. The van der Waals surface area contributed by atoms with E-state index in [1.54, 1.807) is 91.0 Å². The van der Waals surface area contributed by atoms with Crippen LogP contribution in [-0.4, -0.2) is 24.1 Å². The maximum Gasteiger partial charge on any atom is 0.343 e. The van der Waals surface area contributed by atoms with Gasteiger partial charge in [-0.15, -0.1) is 0 Å². The SMILES string of the molecule is Cc1cccc(C(=O)Oc2ccccc2/C=C/C(=O)Oc2ccccc2/C=N/NC(=O)c2ccc(Cl)cc2)c1. The summed E-state index contributed by atoms with van der Waals surface area (Å²) in [6, 6.07) is 27.0. The molecular weight excluding hydrogens is 516 g/mol. The van der Waals surface area contributed by atoms with Gasteiger partial charge in [0.15, 0.2) is 0 Å². The average Bonchev–Trinajstić information content (AvgIpc) is 2.94. The Balaban J connectivity index is 1.40. The zero-order chi connectivity index (χ0) is 27.6. The van der Waals surface area contributed by atoms with Gasteiger partial charge in [0, 0.05) is 27.8 Å². The normalized spacial score (nSPS) is 10.9. The van der Waals surface area contributed by atoms with Crippen molar-refractivity contribution in [3.05, 3.63) is 136 Å². The summed E-state index contributed by atoms with van der Waals surface area (Å²) in [6.07, 6.45) is 4.11. The Morgan fingerprint density at radius 1 is 0.769 bits per heavy atom. The minimum Gasteiger partial charge on any atom is -0.423 e. The lowest BCUT2D eigenvalue weighted by molar-refractivity contribution is -0.128.